The second-order valence-corrected chi connectivity index (χ2v) is 19.5. The number of hydrogen-bond donors (Lipinski definition) is 12. The molecule has 336 valence electrons. The monoisotopic (exact) mass is 957 g/mol. The van der Waals surface area contributed by atoms with Gasteiger partial charge in [0.1, 0.15) is 0 Å². The van der Waals surface area contributed by atoms with Crippen LogP contribution in [0.3, 0.4) is 0 Å². The maximum absolute atomic E-state index is 10.3. The van der Waals surface area contributed by atoms with Crippen molar-refractivity contribution in [1.29, 1.82) is 0 Å². The molecule has 27 nitrogen and oxygen atoms in total. The fourth-order valence-electron chi connectivity index (χ4n) is 4.92. The number of rotatable bonds is 12. The van der Waals surface area contributed by atoms with Crippen molar-refractivity contribution in [2.45, 2.75) is 0 Å². The zero-order valence-electron chi connectivity index (χ0n) is 32.8. The molecule has 0 amide bonds. The Balaban J connectivity index is 1.64. The second kappa shape index (κ2) is 18.5. The minimum atomic E-state index is -4.66. The van der Waals surface area contributed by atoms with Gasteiger partial charge in [-0.05, 0) is 72.8 Å². The third-order valence-electron chi connectivity index (χ3n) is 8.16. The predicted octanol–water partition coefficient (Wildman–Crippen LogP) is 13.0. The molecule has 6 aromatic rings. The molecule has 0 saturated carbocycles. The van der Waals surface area contributed by atoms with Crippen molar-refractivity contribution in [2.75, 3.05) is 0 Å². The molecule has 1 aliphatic rings. The molecule has 0 saturated heterocycles. The van der Waals surface area contributed by atoms with E-state index in [0.717, 1.165) is 72.8 Å². The van der Waals surface area contributed by atoms with Crippen LogP contribution in [0.15, 0.2) is 183 Å². The van der Waals surface area contributed by atoms with Crippen molar-refractivity contribution in [2.24, 2.45) is 73.5 Å². The molecule has 12 N–H and O–H groups in total. The number of hydrogen-bond acceptors (Lipinski definition) is 27. The number of nitrogens with zero attached hydrogens (tertiary/aromatic N) is 15. The first-order valence-corrected chi connectivity index (χ1v) is 22.9. The molecule has 0 fully saturated rings. The van der Waals surface area contributed by atoms with Gasteiger partial charge in [-0.2, -0.15) is 13.5 Å². The van der Waals surface area contributed by atoms with Gasteiger partial charge in [0.15, 0.2) is 69.0 Å². The van der Waals surface area contributed by atoms with Crippen LogP contribution in [0.1, 0.15) is 0 Å². The minimum absolute atomic E-state index is 0.132. The lowest BCUT2D eigenvalue weighted by Gasteiger charge is -2.21. The Labute approximate surface area is 368 Å². The van der Waals surface area contributed by atoms with Crippen molar-refractivity contribution >= 4 is 56.6 Å². The number of phenolic OH excluding ortho intramolecular Hbond substituents is 12. The molecular formula is C36H30N15O12P3. The Bertz CT molecular complexity index is 2720. The van der Waals surface area contributed by atoms with Crippen molar-refractivity contribution in [1.82, 2.24) is 0 Å². The fourth-order valence-corrected chi connectivity index (χ4v) is 13.3. The second-order valence-electron chi connectivity index (χ2n) is 13.1. The van der Waals surface area contributed by atoms with Gasteiger partial charge < -0.3 is 61.3 Å². The van der Waals surface area contributed by atoms with Gasteiger partial charge in [-0.3, -0.25) is 0 Å². The molecule has 1 aliphatic heterocycles. The van der Waals surface area contributed by atoms with Crippen LogP contribution in [-0.2, 0) is 0 Å². The standard InChI is InChI=1S/C36H30N15O12P3/c52-25-7-1-19(13-31(25)58)37-43-64(44-38-20-2-8-26(53)32(59)14-20)49-65(45-39-21-3-9-27(54)33(60)15-21,46-40-22-4-10-28(55)34(61)16-22)51-66(50-64,47-41-23-5-11-29(56)35(62)17-23)48-42-24-6-12-30(57)36(63)18-24/h1-18,52-63H. The highest BCUT2D eigenvalue weighted by Gasteiger charge is 2.41. The van der Waals surface area contributed by atoms with E-state index >= 15 is 0 Å². The van der Waals surface area contributed by atoms with Crippen LogP contribution >= 0.6 is 22.5 Å². The lowest BCUT2D eigenvalue weighted by atomic mass is 10.3. The van der Waals surface area contributed by atoms with Gasteiger partial charge in [-0.15, -0.1) is 60.0 Å². The molecule has 0 unspecified atom stereocenters. The smallest absolute Gasteiger partial charge is 0.348 e. The van der Waals surface area contributed by atoms with Gasteiger partial charge in [0.25, 0.3) is 0 Å². The normalized spacial score (nSPS) is 19.8. The molecule has 0 spiro atoms. The molecule has 0 atom stereocenters. The van der Waals surface area contributed by atoms with E-state index < -0.39 is 91.5 Å². The Morgan fingerprint density at radius 1 is 0.227 bits per heavy atom. The highest BCUT2D eigenvalue weighted by Crippen LogP contribution is 2.82. The quantitative estimate of drug-likeness (QED) is 0.0309. The predicted molar refractivity (Wildman–Crippen MR) is 234 cm³/mol. The first-order chi connectivity index (χ1) is 31.4. The highest BCUT2D eigenvalue weighted by molar-refractivity contribution is 7.84. The van der Waals surface area contributed by atoms with Crippen LogP contribution < -0.4 is 0 Å². The maximum Gasteiger partial charge on any atom is 0.348 e. The van der Waals surface area contributed by atoms with E-state index in [1.54, 1.807) is 0 Å². The number of benzene rings is 6. The number of phenols is 12. The maximum atomic E-state index is 10.3. The summed E-state index contributed by atoms with van der Waals surface area (Å²) >= 11 is 0. The third kappa shape index (κ3) is 10.7. The molecule has 0 aliphatic carbocycles. The van der Waals surface area contributed by atoms with E-state index in [-0.39, 0.29) is 34.1 Å². The summed E-state index contributed by atoms with van der Waals surface area (Å²) in [5.41, 5.74) is -0.790. The van der Waals surface area contributed by atoms with Gasteiger partial charge in [0.05, 0.1) is 34.1 Å². The minimum Gasteiger partial charge on any atom is -0.504 e. The molecule has 0 radical (unpaired) electrons. The molecular weight excluding hydrogens is 927 g/mol. The van der Waals surface area contributed by atoms with Gasteiger partial charge in [-0.25, -0.2) is 0 Å². The van der Waals surface area contributed by atoms with Crippen LogP contribution in [0, 0.1) is 0 Å². The first-order valence-electron chi connectivity index (χ1n) is 18.1. The summed E-state index contributed by atoms with van der Waals surface area (Å²) in [6.07, 6.45) is 0. The Morgan fingerprint density at radius 3 is 0.515 bits per heavy atom. The lowest BCUT2D eigenvalue weighted by molar-refractivity contribution is 0.404. The van der Waals surface area contributed by atoms with Crippen molar-refractivity contribution in [3.05, 3.63) is 109 Å². The largest absolute Gasteiger partial charge is 0.504 e. The fraction of sp³-hybridized carbons (Fsp3) is 0. The van der Waals surface area contributed by atoms with Crippen LogP contribution in [0.2, 0.25) is 0 Å². The molecule has 66 heavy (non-hydrogen) atoms. The van der Waals surface area contributed by atoms with E-state index in [9.17, 15) is 61.3 Å². The van der Waals surface area contributed by atoms with E-state index in [2.05, 4.69) is 60.0 Å². The van der Waals surface area contributed by atoms with Crippen LogP contribution in [0.5, 0.6) is 69.0 Å². The van der Waals surface area contributed by atoms with E-state index in [0.29, 0.717) is 0 Å². The van der Waals surface area contributed by atoms with Crippen LogP contribution in [0.4, 0.5) is 34.1 Å². The first kappa shape index (κ1) is 45.2. The van der Waals surface area contributed by atoms with Gasteiger partial charge in [0, 0.05) is 36.4 Å². The molecule has 7 rings (SSSR count). The number of aromatic hydroxyl groups is 12. The molecule has 1 heterocycles. The van der Waals surface area contributed by atoms with Gasteiger partial charge in [0.2, 0.25) is 0 Å². The van der Waals surface area contributed by atoms with E-state index in [1.807, 2.05) is 0 Å². The van der Waals surface area contributed by atoms with Crippen LogP contribution in [0.25, 0.3) is 0 Å². The van der Waals surface area contributed by atoms with Gasteiger partial charge >= 0.3 is 22.5 Å². The average Bonchev–Trinajstić information content (AvgIpc) is 3.29. The Kier molecular flexibility index (Phi) is 12.7. The highest BCUT2D eigenvalue weighted by atomic mass is 31.3. The van der Waals surface area contributed by atoms with Crippen LogP contribution in [-0.4, -0.2) is 61.3 Å². The van der Waals surface area contributed by atoms with E-state index in [4.69, 9.17) is 13.5 Å². The van der Waals surface area contributed by atoms with Crippen molar-refractivity contribution in [3.63, 3.8) is 0 Å². The summed E-state index contributed by atoms with van der Waals surface area (Å²) in [7, 11) is -14.0. The molecule has 6 aromatic carbocycles. The summed E-state index contributed by atoms with van der Waals surface area (Å²) in [6.45, 7) is 0. The van der Waals surface area contributed by atoms with Gasteiger partial charge in [-0.1, -0.05) is 0 Å². The Morgan fingerprint density at radius 2 is 0.379 bits per heavy atom. The van der Waals surface area contributed by atoms with E-state index in [1.165, 1.54) is 36.4 Å². The third-order valence-corrected chi connectivity index (χ3v) is 15.9. The van der Waals surface area contributed by atoms with Crippen molar-refractivity contribution < 1.29 is 61.3 Å². The Hall–Kier alpha value is -8.79. The molecule has 0 bridgehead atoms. The summed E-state index contributed by atoms with van der Waals surface area (Å²) in [5, 5.41) is 147. The summed E-state index contributed by atoms with van der Waals surface area (Å²) in [5.74, 6) is -6.84. The molecule has 30 heteroatoms. The zero-order valence-corrected chi connectivity index (χ0v) is 35.5. The summed E-state index contributed by atoms with van der Waals surface area (Å²) in [6, 6.07) is 19.9. The topological polar surface area (TPSA) is 428 Å². The summed E-state index contributed by atoms with van der Waals surface area (Å²) in [4.78, 5) is 26.2. The zero-order chi connectivity index (χ0) is 47.2. The molecule has 0 aromatic heterocycles. The SMILES string of the molecule is Oc1ccc(N=NP2(N=Nc3ccc(O)c(O)c3)=NP(N=Nc3ccc(O)c(O)c3)(N=Nc3ccc(O)c(O)c3)=NP(N=Nc3ccc(O)c(O)c3)(N=Nc3ccc(O)c(O)c3)=N2)cc1O. The van der Waals surface area contributed by atoms with Crippen molar-refractivity contribution in [3.8, 4) is 69.0 Å². The lowest BCUT2D eigenvalue weighted by Crippen LogP contribution is -1.83. The summed E-state index contributed by atoms with van der Waals surface area (Å²) < 4.78 is 14.1. The average molecular weight is 958 g/mol.